The molecule has 0 aliphatic heterocycles. The molecule has 18 heavy (non-hydrogen) atoms. The zero-order chi connectivity index (χ0) is 13.1. The topological polar surface area (TPSA) is 43.1 Å². The summed E-state index contributed by atoms with van der Waals surface area (Å²) in [7, 11) is -1.24. The Bertz CT molecular complexity index is 601. The number of anilines is 1. The lowest BCUT2D eigenvalue weighted by Crippen LogP contribution is -1.99. The molecule has 0 bridgehead atoms. The van der Waals surface area contributed by atoms with Gasteiger partial charge >= 0.3 is 0 Å². The Morgan fingerprint density at radius 3 is 2.50 bits per heavy atom. The highest BCUT2D eigenvalue weighted by Crippen LogP contribution is 2.25. The fourth-order valence-electron chi connectivity index (χ4n) is 1.55. The van der Waals surface area contributed by atoms with E-state index in [1.165, 1.54) is 0 Å². The molecule has 1 atom stereocenters. The van der Waals surface area contributed by atoms with E-state index in [1.54, 1.807) is 42.5 Å². The Labute approximate surface area is 118 Å². The van der Waals surface area contributed by atoms with Gasteiger partial charge in [-0.05, 0) is 35.9 Å². The minimum Gasteiger partial charge on any atom is -0.399 e. The van der Waals surface area contributed by atoms with Crippen LogP contribution in [0.15, 0.2) is 47.4 Å². The molecule has 0 saturated carbocycles. The van der Waals surface area contributed by atoms with E-state index in [0.29, 0.717) is 26.4 Å². The molecule has 2 aromatic carbocycles. The monoisotopic (exact) mass is 299 g/mol. The quantitative estimate of drug-likeness (QED) is 0.874. The molecular weight excluding hydrogens is 289 g/mol. The zero-order valence-corrected chi connectivity index (χ0v) is 11.7. The second-order valence-electron chi connectivity index (χ2n) is 3.77. The summed E-state index contributed by atoms with van der Waals surface area (Å²) in [4.78, 5) is 0.609. The Balaban J connectivity index is 2.27. The molecule has 2 aromatic rings. The summed E-state index contributed by atoms with van der Waals surface area (Å²) in [5.74, 6) is 0.299. The number of rotatable bonds is 3. The van der Waals surface area contributed by atoms with Crippen molar-refractivity contribution >= 4 is 39.7 Å². The summed E-state index contributed by atoms with van der Waals surface area (Å²) in [5.41, 5.74) is 7.05. The molecule has 0 heterocycles. The van der Waals surface area contributed by atoms with Crippen LogP contribution in [0.3, 0.4) is 0 Å². The normalized spacial score (nSPS) is 12.3. The number of benzene rings is 2. The SMILES string of the molecule is Nc1ccc(Cl)c(CS(=O)c2ccccc2Cl)c1. The second kappa shape index (κ2) is 5.74. The molecule has 0 aliphatic rings. The maximum Gasteiger partial charge on any atom is 0.0589 e. The van der Waals surface area contributed by atoms with Crippen LogP contribution in [-0.4, -0.2) is 4.21 Å². The first-order chi connectivity index (χ1) is 8.58. The van der Waals surface area contributed by atoms with E-state index in [0.717, 1.165) is 5.56 Å². The van der Waals surface area contributed by atoms with Gasteiger partial charge in [0.2, 0.25) is 0 Å². The number of halogens is 2. The van der Waals surface area contributed by atoms with E-state index < -0.39 is 10.8 Å². The molecule has 0 spiro atoms. The van der Waals surface area contributed by atoms with Gasteiger partial charge in [-0.2, -0.15) is 0 Å². The van der Waals surface area contributed by atoms with E-state index in [4.69, 9.17) is 28.9 Å². The predicted octanol–water partition coefficient (Wildman–Crippen LogP) is 3.88. The first kappa shape index (κ1) is 13.4. The lowest BCUT2D eigenvalue weighted by molar-refractivity contribution is 0.682. The van der Waals surface area contributed by atoms with Crippen molar-refractivity contribution < 1.29 is 4.21 Å². The largest absolute Gasteiger partial charge is 0.399 e. The molecule has 0 radical (unpaired) electrons. The fourth-order valence-corrected chi connectivity index (χ4v) is 3.40. The van der Waals surface area contributed by atoms with E-state index in [2.05, 4.69) is 0 Å². The molecule has 5 heteroatoms. The van der Waals surface area contributed by atoms with Crippen molar-refractivity contribution in [1.29, 1.82) is 0 Å². The van der Waals surface area contributed by atoms with Crippen LogP contribution in [0.4, 0.5) is 5.69 Å². The highest BCUT2D eigenvalue weighted by molar-refractivity contribution is 7.84. The van der Waals surface area contributed by atoms with Crippen molar-refractivity contribution in [2.24, 2.45) is 0 Å². The minimum atomic E-state index is -1.24. The molecule has 2 N–H and O–H groups in total. The Hall–Kier alpha value is -1.03. The Kier molecular flexibility index (Phi) is 4.27. The van der Waals surface area contributed by atoms with Gasteiger partial charge in [0.05, 0.1) is 26.5 Å². The van der Waals surface area contributed by atoms with Crippen molar-refractivity contribution in [3.8, 4) is 0 Å². The molecule has 0 fully saturated rings. The maximum absolute atomic E-state index is 12.2. The van der Waals surface area contributed by atoms with Crippen LogP contribution in [-0.2, 0) is 16.6 Å². The van der Waals surface area contributed by atoms with Gasteiger partial charge in [-0.15, -0.1) is 0 Å². The summed E-state index contributed by atoms with van der Waals surface area (Å²) >= 11 is 12.1. The third kappa shape index (κ3) is 3.05. The van der Waals surface area contributed by atoms with Crippen molar-refractivity contribution in [3.63, 3.8) is 0 Å². The third-order valence-corrected chi connectivity index (χ3v) is 4.67. The standard InChI is InChI=1S/C13H11Cl2NOS/c14-11-6-5-10(16)7-9(11)8-18(17)13-4-2-1-3-12(13)15/h1-7H,8,16H2. The average molecular weight is 300 g/mol. The molecule has 0 aliphatic carbocycles. The molecular formula is C13H11Cl2NOS. The van der Waals surface area contributed by atoms with Crippen molar-refractivity contribution in [1.82, 2.24) is 0 Å². The van der Waals surface area contributed by atoms with Gasteiger partial charge in [0.15, 0.2) is 0 Å². The van der Waals surface area contributed by atoms with Gasteiger partial charge in [-0.3, -0.25) is 4.21 Å². The molecule has 0 saturated heterocycles. The maximum atomic E-state index is 12.2. The van der Waals surface area contributed by atoms with Crippen LogP contribution >= 0.6 is 23.2 Å². The van der Waals surface area contributed by atoms with Crippen LogP contribution < -0.4 is 5.73 Å². The Morgan fingerprint density at radius 1 is 1.06 bits per heavy atom. The lowest BCUT2D eigenvalue weighted by atomic mass is 10.2. The van der Waals surface area contributed by atoms with E-state index in [1.807, 2.05) is 0 Å². The number of hydrogen-bond donors (Lipinski definition) is 1. The highest BCUT2D eigenvalue weighted by Gasteiger charge is 2.11. The van der Waals surface area contributed by atoms with Crippen LogP contribution in [0, 0.1) is 0 Å². The number of nitrogens with two attached hydrogens (primary N) is 1. The zero-order valence-electron chi connectivity index (χ0n) is 9.40. The van der Waals surface area contributed by atoms with Crippen LogP contribution in [0.25, 0.3) is 0 Å². The van der Waals surface area contributed by atoms with Gasteiger partial charge in [-0.1, -0.05) is 35.3 Å². The molecule has 1 unspecified atom stereocenters. The smallest absolute Gasteiger partial charge is 0.0589 e. The van der Waals surface area contributed by atoms with Crippen molar-refractivity contribution in [3.05, 3.63) is 58.1 Å². The molecule has 2 nitrogen and oxygen atoms in total. The van der Waals surface area contributed by atoms with Crippen molar-refractivity contribution in [2.75, 3.05) is 5.73 Å². The van der Waals surface area contributed by atoms with E-state index in [9.17, 15) is 4.21 Å². The van der Waals surface area contributed by atoms with Gasteiger partial charge in [0.25, 0.3) is 0 Å². The van der Waals surface area contributed by atoms with Crippen LogP contribution in [0.2, 0.25) is 10.0 Å². The van der Waals surface area contributed by atoms with E-state index >= 15 is 0 Å². The predicted molar refractivity (Wildman–Crippen MR) is 77.4 cm³/mol. The summed E-state index contributed by atoms with van der Waals surface area (Å²) in [5, 5.41) is 1.06. The molecule has 94 valence electrons. The minimum absolute atomic E-state index is 0.299. The summed E-state index contributed by atoms with van der Waals surface area (Å²) in [6.45, 7) is 0. The van der Waals surface area contributed by atoms with Gasteiger partial charge in [0.1, 0.15) is 0 Å². The number of hydrogen-bond acceptors (Lipinski definition) is 2. The van der Waals surface area contributed by atoms with Crippen molar-refractivity contribution in [2.45, 2.75) is 10.6 Å². The molecule has 0 aromatic heterocycles. The van der Waals surface area contributed by atoms with Gasteiger partial charge in [-0.25, -0.2) is 0 Å². The molecule has 2 rings (SSSR count). The van der Waals surface area contributed by atoms with E-state index in [-0.39, 0.29) is 0 Å². The number of nitrogen functional groups attached to an aromatic ring is 1. The van der Waals surface area contributed by atoms with Gasteiger partial charge < -0.3 is 5.73 Å². The third-order valence-electron chi connectivity index (χ3n) is 2.44. The first-order valence-electron chi connectivity index (χ1n) is 5.25. The van der Waals surface area contributed by atoms with Crippen LogP contribution in [0.5, 0.6) is 0 Å². The summed E-state index contributed by atoms with van der Waals surface area (Å²) < 4.78 is 12.2. The van der Waals surface area contributed by atoms with Gasteiger partial charge in [0, 0.05) is 10.7 Å². The summed E-state index contributed by atoms with van der Waals surface area (Å²) in [6, 6.07) is 12.2. The van der Waals surface area contributed by atoms with Crippen LogP contribution in [0.1, 0.15) is 5.56 Å². The fraction of sp³-hybridized carbons (Fsp3) is 0.0769. The lowest BCUT2D eigenvalue weighted by Gasteiger charge is -2.07. The molecule has 0 amide bonds. The Morgan fingerprint density at radius 2 is 1.78 bits per heavy atom. The average Bonchev–Trinajstić information content (AvgIpc) is 2.34. The second-order valence-corrected chi connectivity index (χ2v) is 6.01. The highest BCUT2D eigenvalue weighted by atomic mass is 35.5. The summed E-state index contributed by atoms with van der Waals surface area (Å²) in [6.07, 6.45) is 0. The first-order valence-corrected chi connectivity index (χ1v) is 7.32.